The standard InChI is InChI=1S/C19H14BrF3N2O3/c1-27-16-9-11(8-14(20)17(16)28-2)7-12(10-24)18(26)25-15-6-4-3-5-13(15)19(21,22)23/h3-9H,1-2H3,(H,25,26)/b12-7+. The maximum atomic E-state index is 13.1. The van der Waals surface area contributed by atoms with Crippen molar-refractivity contribution in [3.05, 3.63) is 57.6 Å². The molecule has 28 heavy (non-hydrogen) atoms. The van der Waals surface area contributed by atoms with E-state index in [9.17, 15) is 23.2 Å². The van der Waals surface area contributed by atoms with E-state index in [4.69, 9.17) is 9.47 Å². The van der Waals surface area contributed by atoms with Gasteiger partial charge in [0, 0.05) is 0 Å². The fraction of sp³-hybridized carbons (Fsp3) is 0.158. The topological polar surface area (TPSA) is 71.3 Å². The van der Waals surface area contributed by atoms with Crippen LogP contribution in [0.4, 0.5) is 18.9 Å². The van der Waals surface area contributed by atoms with Crippen LogP contribution in [0.25, 0.3) is 6.08 Å². The number of carbonyl (C=O) groups is 1. The number of nitriles is 1. The lowest BCUT2D eigenvalue weighted by Gasteiger charge is -2.13. The first-order valence-electron chi connectivity index (χ1n) is 7.72. The van der Waals surface area contributed by atoms with Crippen molar-refractivity contribution >= 4 is 33.6 Å². The third-order valence-corrected chi connectivity index (χ3v) is 4.20. The summed E-state index contributed by atoms with van der Waals surface area (Å²) in [4.78, 5) is 12.4. The van der Waals surface area contributed by atoms with Crippen molar-refractivity contribution in [3.63, 3.8) is 0 Å². The first kappa shape index (κ1) is 21.3. The fourth-order valence-electron chi connectivity index (χ4n) is 2.37. The Morgan fingerprint density at radius 2 is 1.89 bits per heavy atom. The number of halogens is 4. The van der Waals surface area contributed by atoms with Crippen molar-refractivity contribution in [1.29, 1.82) is 5.26 Å². The van der Waals surface area contributed by atoms with Crippen molar-refractivity contribution < 1.29 is 27.4 Å². The zero-order valence-electron chi connectivity index (χ0n) is 14.7. The van der Waals surface area contributed by atoms with Gasteiger partial charge in [-0.1, -0.05) is 12.1 Å². The summed E-state index contributed by atoms with van der Waals surface area (Å²) in [5.41, 5.74) is -1.40. The Morgan fingerprint density at radius 1 is 1.21 bits per heavy atom. The number of amides is 1. The highest BCUT2D eigenvalue weighted by Gasteiger charge is 2.33. The van der Waals surface area contributed by atoms with Crippen LogP contribution in [-0.4, -0.2) is 20.1 Å². The Hall–Kier alpha value is -2.99. The molecule has 9 heteroatoms. The molecule has 2 aromatic carbocycles. The molecule has 1 N–H and O–H groups in total. The number of rotatable bonds is 5. The van der Waals surface area contributed by atoms with Gasteiger partial charge in [-0.15, -0.1) is 0 Å². The number of hydrogen-bond acceptors (Lipinski definition) is 4. The summed E-state index contributed by atoms with van der Waals surface area (Å²) >= 11 is 3.29. The van der Waals surface area contributed by atoms with E-state index < -0.39 is 23.3 Å². The molecule has 146 valence electrons. The Morgan fingerprint density at radius 3 is 2.46 bits per heavy atom. The smallest absolute Gasteiger partial charge is 0.418 e. The number of nitrogens with one attached hydrogen (secondary N) is 1. The number of methoxy groups -OCH3 is 2. The molecule has 0 aromatic heterocycles. The van der Waals surface area contributed by atoms with Gasteiger partial charge in [0.05, 0.1) is 29.9 Å². The summed E-state index contributed by atoms with van der Waals surface area (Å²) in [7, 11) is 2.87. The molecule has 5 nitrogen and oxygen atoms in total. The predicted octanol–water partition coefficient (Wildman–Crippen LogP) is 5.03. The second-order valence-electron chi connectivity index (χ2n) is 5.41. The molecule has 0 bridgehead atoms. The number of anilines is 1. The Labute approximate surface area is 167 Å². The van der Waals surface area contributed by atoms with Gasteiger partial charge in [-0.05, 0) is 51.8 Å². The number of alkyl halides is 3. The lowest BCUT2D eigenvalue weighted by molar-refractivity contribution is -0.137. The highest BCUT2D eigenvalue weighted by Crippen LogP contribution is 2.37. The van der Waals surface area contributed by atoms with Crippen LogP contribution < -0.4 is 14.8 Å². The van der Waals surface area contributed by atoms with Gasteiger partial charge in [0.15, 0.2) is 11.5 Å². The minimum atomic E-state index is -4.64. The van der Waals surface area contributed by atoms with E-state index in [1.807, 2.05) is 0 Å². The molecule has 0 saturated heterocycles. The average Bonchev–Trinajstić information content (AvgIpc) is 2.65. The van der Waals surface area contributed by atoms with Gasteiger partial charge in [-0.25, -0.2) is 0 Å². The second kappa shape index (κ2) is 8.80. The fourth-order valence-corrected chi connectivity index (χ4v) is 2.99. The van der Waals surface area contributed by atoms with Crippen molar-refractivity contribution in [2.45, 2.75) is 6.18 Å². The van der Waals surface area contributed by atoms with E-state index in [0.717, 1.165) is 12.1 Å². The van der Waals surface area contributed by atoms with Crippen molar-refractivity contribution in [2.75, 3.05) is 19.5 Å². The molecule has 0 saturated carbocycles. The summed E-state index contributed by atoms with van der Waals surface area (Å²) in [6, 6.07) is 9.32. The maximum Gasteiger partial charge on any atom is 0.418 e. The third-order valence-electron chi connectivity index (χ3n) is 3.61. The Bertz CT molecular complexity index is 966. The molecule has 0 aliphatic carbocycles. The van der Waals surface area contributed by atoms with Crippen molar-refractivity contribution in [3.8, 4) is 17.6 Å². The lowest BCUT2D eigenvalue weighted by atomic mass is 10.1. The Kier molecular flexibility index (Phi) is 6.70. The monoisotopic (exact) mass is 454 g/mol. The summed E-state index contributed by atoms with van der Waals surface area (Å²) in [5.74, 6) is -0.199. The quantitative estimate of drug-likeness (QED) is 0.507. The van der Waals surface area contributed by atoms with E-state index in [2.05, 4.69) is 21.2 Å². The molecule has 2 rings (SSSR count). The lowest BCUT2D eigenvalue weighted by Crippen LogP contribution is -2.17. The molecule has 0 heterocycles. The average molecular weight is 455 g/mol. The minimum absolute atomic E-state index is 0.350. The van der Waals surface area contributed by atoms with Crippen molar-refractivity contribution in [1.82, 2.24) is 0 Å². The molecule has 0 aliphatic heterocycles. The first-order chi connectivity index (χ1) is 13.2. The SMILES string of the molecule is COc1cc(/C=C(\C#N)C(=O)Nc2ccccc2C(F)(F)F)cc(Br)c1OC. The number of benzene rings is 2. The largest absolute Gasteiger partial charge is 0.493 e. The van der Waals surface area contributed by atoms with Gasteiger partial charge < -0.3 is 14.8 Å². The van der Waals surface area contributed by atoms with Crippen LogP contribution in [0.3, 0.4) is 0 Å². The number of carbonyl (C=O) groups excluding carboxylic acids is 1. The summed E-state index contributed by atoms with van der Waals surface area (Å²) in [5, 5.41) is 11.4. The van der Waals surface area contributed by atoms with Crippen LogP contribution in [0.2, 0.25) is 0 Å². The van der Waals surface area contributed by atoms with Crippen LogP contribution in [0, 0.1) is 11.3 Å². The summed E-state index contributed by atoms with van der Waals surface area (Å²) in [6.07, 6.45) is -3.41. The van der Waals surface area contributed by atoms with Crippen LogP contribution >= 0.6 is 15.9 Å². The van der Waals surface area contributed by atoms with Gasteiger partial charge in [0.25, 0.3) is 5.91 Å². The maximum absolute atomic E-state index is 13.1. The van der Waals surface area contributed by atoms with Gasteiger partial charge in [0.1, 0.15) is 11.6 Å². The molecule has 2 aromatic rings. The van der Waals surface area contributed by atoms with Gasteiger partial charge >= 0.3 is 6.18 Å². The van der Waals surface area contributed by atoms with E-state index in [1.54, 1.807) is 12.1 Å². The molecule has 0 radical (unpaired) electrons. The molecule has 0 unspecified atom stereocenters. The minimum Gasteiger partial charge on any atom is -0.493 e. The number of hydrogen-bond donors (Lipinski definition) is 1. The first-order valence-corrected chi connectivity index (χ1v) is 8.51. The van der Waals surface area contributed by atoms with Crippen LogP contribution in [-0.2, 0) is 11.0 Å². The zero-order valence-corrected chi connectivity index (χ0v) is 16.3. The summed E-state index contributed by atoms with van der Waals surface area (Å²) < 4.78 is 50.1. The van der Waals surface area contributed by atoms with Crippen LogP contribution in [0.15, 0.2) is 46.4 Å². The van der Waals surface area contributed by atoms with E-state index in [-0.39, 0.29) is 5.57 Å². The van der Waals surface area contributed by atoms with E-state index in [1.165, 1.54) is 38.5 Å². The number of para-hydroxylation sites is 1. The summed E-state index contributed by atoms with van der Waals surface area (Å²) in [6.45, 7) is 0. The molecular weight excluding hydrogens is 441 g/mol. The molecular formula is C19H14BrF3N2O3. The molecule has 0 atom stereocenters. The number of nitrogens with zero attached hydrogens (tertiary/aromatic N) is 1. The van der Waals surface area contributed by atoms with Crippen molar-refractivity contribution in [2.24, 2.45) is 0 Å². The highest BCUT2D eigenvalue weighted by molar-refractivity contribution is 9.10. The number of ether oxygens (including phenoxy) is 2. The van der Waals surface area contributed by atoms with Gasteiger partial charge in [-0.3, -0.25) is 4.79 Å². The van der Waals surface area contributed by atoms with E-state index in [0.29, 0.717) is 21.5 Å². The normalized spacial score (nSPS) is 11.5. The molecule has 1 amide bonds. The molecule has 0 aliphatic rings. The van der Waals surface area contributed by atoms with Gasteiger partial charge in [0.2, 0.25) is 0 Å². The molecule has 0 fully saturated rings. The second-order valence-corrected chi connectivity index (χ2v) is 6.26. The highest BCUT2D eigenvalue weighted by atomic mass is 79.9. The zero-order chi connectivity index (χ0) is 20.9. The Balaban J connectivity index is 2.38. The molecule has 0 spiro atoms. The van der Waals surface area contributed by atoms with Crippen LogP contribution in [0.5, 0.6) is 11.5 Å². The predicted molar refractivity (Wildman–Crippen MR) is 101 cm³/mol. The van der Waals surface area contributed by atoms with Gasteiger partial charge in [-0.2, -0.15) is 18.4 Å². The third kappa shape index (κ3) is 4.84. The van der Waals surface area contributed by atoms with E-state index >= 15 is 0 Å². The van der Waals surface area contributed by atoms with Crippen LogP contribution in [0.1, 0.15) is 11.1 Å².